The van der Waals surface area contributed by atoms with E-state index in [1.54, 1.807) is 0 Å². The standard InChI is InChI=1S/C32H32N2O2/c1-3-33(23-25-15-7-5-8-16-25)31(35)29-21-13-11-19-27(29)28-20-12-14-22-30(28)32(36)34(4-2)24-26-17-9-6-10-18-26/h5-22H,3-4,23-24H2,1-2H3. The van der Waals surface area contributed by atoms with E-state index in [0.29, 0.717) is 37.3 Å². The molecule has 0 aliphatic heterocycles. The topological polar surface area (TPSA) is 40.6 Å². The number of hydrogen-bond donors (Lipinski definition) is 0. The van der Waals surface area contributed by atoms with Crippen molar-refractivity contribution in [3.8, 4) is 11.1 Å². The van der Waals surface area contributed by atoms with Crippen molar-refractivity contribution >= 4 is 11.8 Å². The van der Waals surface area contributed by atoms with Crippen molar-refractivity contribution < 1.29 is 9.59 Å². The Balaban J connectivity index is 1.67. The van der Waals surface area contributed by atoms with E-state index in [2.05, 4.69) is 0 Å². The molecule has 0 radical (unpaired) electrons. The molecule has 0 N–H and O–H groups in total. The van der Waals surface area contributed by atoms with Crippen LogP contribution < -0.4 is 0 Å². The van der Waals surface area contributed by atoms with Crippen LogP contribution in [-0.4, -0.2) is 34.7 Å². The van der Waals surface area contributed by atoms with Gasteiger partial charge in [-0.15, -0.1) is 0 Å². The van der Waals surface area contributed by atoms with E-state index in [1.807, 2.05) is 133 Å². The van der Waals surface area contributed by atoms with Crippen molar-refractivity contribution in [2.24, 2.45) is 0 Å². The maximum Gasteiger partial charge on any atom is 0.254 e. The average molecular weight is 477 g/mol. The summed E-state index contributed by atoms with van der Waals surface area (Å²) in [6.07, 6.45) is 0. The van der Waals surface area contributed by atoms with Crippen molar-refractivity contribution in [3.05, 3.63) is 131 Å². The van der Waals surface area contributed by atoms with E-state index >= 15 is 0 Å². The van der Waals surface area contributed by atoms with E-state index in [0.717, 1.165) is 22.3 Å². The summed E-state index contributed by atoms with van der Waals surface area (Å²) in [6.45, 7) is 6.22. The summed E-state index contributed by atoms with van der Waals surface area (Å²) in [6, 6.07) is 35.2. The number of amides is 2. The van der Waals surface area contributed by atoms with Crippen molar-refractivity contribution in [2.45, 2.75) is 26.9 Å². The molecule has 0 spiro atoms. The molecular formula is C32H32N2O2. The van der Waals surface area contributed by atoms with Crippen LogP contribution in [0.25, 0.3) is 11.1 Å². The van der Waals surface area contributed by atoms with Crippen LogP contribution in [0.3, 0.4) is 0 Å². The summed E-state index contributed by atoms with van der Waals surface area (Å²) >= 11 is 0. The number of rotatable bonds is 9. The van der Waals surface area contributed by atoms with Gasteiger partial charge in [-0.25, -0.2) is 0 Å². The van der Waals surface area contributed by atoms with Crippen LogP contribution in [0.5, 0.6) is 0 Å². The number of hydrogen-bond acceptors (Lipinski definition) is 2. The summed E-state index contributed by atoms with van der Waals surface area (Å²) in [5.41, 5.74) is 4.91. The number of benzene rings is 4. The lowest BCUT2D eigenvalue weighted by atomic mass is 9.94. The first-order valence-electron chi connectivity index (χ1n) is 12.5. The predicted octanol–water partition coefficient (Wildman–Crippen LogP) is 6.68. The van der Waals surface area contributed by atoms with Gasteiger partial charge in [0.25, 0.3) is 11.8 Å². The highest BCUT2D eigenvalue weighted by molar-refractivity contribution is 6.06. The van der Waals surface area contributed by atoms with Gasteiger partial charge in [0.15, 0.2) is 0 Å². The average Bonchev–Trinajstić information content (AvgIpc) is 2.95. The predicted molar refractivity (Wildman–Crippen MR) is 146 cm³/mol. The van der Waals surface area contributed by atoms with E-state index in [4.69, 9.17) is 0 Å². The van der Waals surface area contributed by atoms with E-state index < -0.39 is 0 Å². The maximum absolute atomic E-state index is 13.7. The van der Waals surface area contributed by atoms with Crippen LogP contribution in [0, 0.1) is 0 Å². The largest absolute Gasteiger partial charge is 0.335 e. The van der Waals surface area contributed by atoms with Gasteiger partial charge in [-0.05, 0) is 48.2 Å². The number of carbonyl (C=O) groups is 2. The summed E-state index contributed by atoms with van der Waals surface area (Å²) in [4.78, 5) is 31.1. The summed E-state index contributed by atoms with van der Waals surface area (Å²) in [5.74, 6) is -0.0910. The third-order valence-corrected chi connectivity index (χ3v) is 6.38. The van der Waals surface area contributed by atoms with E-state index in [1.165, 1.54) is 0 Å². The fraction of sp³-hybridized carbons (Fsp3) is 0.188. The molecule has 0 fully saturated rings. The Hall–Kier alpha value is -4.18. The molecule has 0 aromatic heterocycles. The molecule has 0 atom stereocenters. The van der Waals surface area contributed by atoms with Gasteiger partial charge >= 0.3 is 0 Å². The molecule has 0 aliphatic carbocycles. The molecule has 182 valence electrons. The van der Waals surface area contributed by atoms with Gasteiger partial charge in [0.2, 0.25) is 0 Å². The summed E-state index contributed by atoms with van der Waals surface area (Å²) < 4.78 is 0. The molecule has 0 saturated heterocycles. The second kappa shape index (κ2) is 12.0. The molecular weight excluding hydrogens is 444 g/mol. The lowest BCUT2D eigenvalue weighted by Gasteiger charge is -2.25. The van der Waals surface area contributed by atoms with Crippen LogP contribution >= 0.6 is 0 Å². The minimum atomic E-state index is -0.0455. The lowest BCUT2D eigenvalue weighted by Crippen LogP contribution is -2.31. The van der Waals surface area contributed by atoms with Crippen molar-refractivity contribution in [1.82, 2.24) is 9.80 Å². The highest BCUT2D eigenvalue weighted by atomic mass is 16.2. The monoisotopic (exact) mass is 476 g/mol. The Labute approximate surface area is 213 Å². The first kappa shape index (κ1) is 24.9. The van der Waals surface area contributed by atoms with Gasteiger partial charge < -0.3 is 9.80 Å². The maximum atomic E-state index is 13.7. The molecule has 4 aromatic carbocycles. The first-order chi connectivity index (χ1) is 17.6. The molecule has 0 saturated carbocycles. The van der Waals surface area contributed by atoms with Gasteiger partial charge in [-0.1, -0.05) is 97.1 Å². The van der Waals surface area contributed by atoms with Crippen LogP contribution in [0.15, 0.2) is 109 Å². The van der Waals surface area contributed by atoms with Crippen LogP contribution in [0.2, 0.25) is 0 Å². The second-order valence-electron chi connectivity index (χ2n) is 8.70. The van der Waals surface area contributed by atoms with E-state index in [9.17, 15) is 9.59 Å². The molecule has 0 bridgehead atoms. The SMILES string of the molecule is CCN(Cc1ccccc1)C(=O)c1ccccc1-c1ccccc1C(=O)N(CC)Cc1ccccc1. The Kier molecular flexibility index (Phi) is 8.30. The van der Waals surface area contributed by atoms with Crippen molar-refractivity contribution in [3.63, 3.8) is 0 Å². The molecule has 4 rings (SSSR count). The van der Waals surface area contributed by atoms with Gasteiger partial charge in [-0.3, -0.25) is 9.59 Å². The van der Waals surface area contributed by atoms with Gasteiger partial charge in [-0.2, -0.15) is 0 Å². The lowest BCUT2D eigenvalue weighted by molar-refractivity contribution is 0.0743. The first-order valence-corrected chi connectivity index (χ1v) is 12.5. The fourth-order valence-electron chi connectivity index (χ4n) is 4.41. The molecule has 4 aromatic rings. The Morgan fingerprint density at radius 3 is 1.19 bits per heavy atom. The molecule has 0 unspecified atom stereocenters. The highest BCUT2D eigenvalue weighted by Crippen LogP contribution is 2.29. The third kappa shape index (κ3) is 5.72. The third-order valence-electron chi connectivity index (χ3n) is 6.38. The van der Waals surface area contributed by atoms with Crippen molar-refractivity contribution in [2.75, 3.05) is 13.1 Å². The van der Waals surface area contributed by atoms with Crippen LogP contribution in [0.4, 0.5) is 0 Å². The fourth-order valence-corrected chi connectivity index (χ4v) is 4.41. The summed E-state index contributed by atoms with van der Waals surface area (Å²) in [7, 11) is 0. The zero-order chi connectivity index (χ0) is 25.3. The highest BCUT2D eigenvalue weighted by Gasteiger charge is 2.23. The Morgan fingerprint density at radius 1 is 0.500 bits per heavy atom. The second-order valence-corrected chi connectivity index (χ2v) is 8.70. The normalized spacial score (nSPS) is 10.6. The molecule has 2 amide bonds. The molecule has 4 nitrogen and oxygen atoms in total. The number of nitrogens with zero attached hydrogens (tertiary/aromatic N) is 2. The van der Waals surface area contributed by atoms with Gasteiger partial charge in [0.05, 0.1) is 0 Å². The molecule has 4 heteroatoms. The van der Waals surface area contributed by atoms with Gasteiger partial charge in [0.1, 0.15) is 0 Å². The summed E-state index contributed by atoms with van der Waals surface area (Å²) in [5, 5.41) is 0. The molecule has 0 aliphatic rings. The van der Waals surface area contributed by atoms with Crippen molar-refractivity contribution in [1.29, 1.82) is 0 Å². The zero-order valence-electron chi connectivity index (χ0n) is 20.9. The minimum absolute atomic E-state index is 0.0455. The Bertz CT molecular complexity index is 1200. The zero-order valence-corrected chi connectivity index (χ0v) is 20.9. The molecule has 0 heterocycles. The Morgan fingerprint density at radius 2 is 0.833 bits per heavy atom. The van der Waals surface area contributed by atoms with Gasteiger partial charge in [0, 0.05) is 37.3 Å². The van der Waals surface area contributed by atoms with Crippen LogP contribution in [0.1, 0.15) is 45.7 Å². The quantitative estimate of drug-likeness (QED) is 0.270. The minimum Gasteiger partial charge on any atom is -0.335 e. The molecule has 36 heavy (non-hydrogen) atoms. The smallest absolute Gasteiger partial charge is 0.254 e. The van der Waals surface area contributed by atoms with E-state index in [-0.39, 0.29) is 11.8 Å². The van der Waals surface area contributed by atoms with Crippen LogP contribution in [-0.2, 0) is 13.1 Å². The number of carbonyl (C=O) groups excluding carboxylic acids is 2.